The Labute approximate surface area is 225 Å². The van der Waals surface area contributed by atoms with Crippen LogP contribution in [-0.4, -0.2) is 33.7 Å². The first kappa shape index (κ1) is 24.2. The number of ether oxygens (including phenoxy) is 1. The zero-order valence-electron chi connectivity index (χ0n) is 21.0. The van der Waals surface area contributed by atoms with E-state index < -0.39 is 0 Å². The fraction of sp³-hybridized carbons (Fsp3) is 0.310. The Hall–Kier alpha value is -3.13. The zero-order valence-corrected chi connectivity index (χ0v) is 22.6. The molecule has 0 bridgehead atoms. The van der Waals surface area contributed by atoms with Crippen LogP contribution in [0.1, 0.15) is 35.3 Å². The summed E-state index contributed by atoms with van der Waals surface area (Å²) >= 11 is 7.59. The molecule has 1 fully saturated rings. The van der Waals surface area contributed by atoms with Crippen LogP contribution in [0.15, 0.2) is 60.9 Å². The molecule has 3 heterocycles. The van der Waals surface area contributed by atoms with E-state index in [1.807, 2.05) is 18.3 Å². The van der Waals surface area contributed by atoms with Crippen molar-refractivity contribution in [3.63, 3.8) is 0 Å². The van der Waals surface area contributed by atoms with Crippen LogP contribution in [0, 0.1) is 6.92 Å². The lowest BCUT2D eigenvalue weighted by molar-refractivity contribution is 0.415. The van der Waals surface area contributed by atoms with Gasteiger partial charge in [-0.05, 0) is 67.6 Å². The minimum absolute atomic E-state index is 0.414. The molecule has 6 rings (SSSR count). The third-order valence-electron chi connectivity index (χ3n) is 7.31. The Bertz CT molecular complexity index is 1560. The van der Waals surface area contributed by atoms with E-state index in [9.17, 15) is 0 Å². The van der Waals surface area contributed by atoms with E-state index in [4.69, 9.17) is 21.3 Å². The van der Waals surface area contributed by atoms with E-state index >= 15 is 0 Å². The van der Waals surface area contributed by atoms with Gasteiger partial charge in [-0.15, -0.1) is 11.3 Å². The number of hydrogen-bond acceptors (Lipinski definition) is 6. The fourth-order valence-corrected chi connectivity index (χ4v) is 6.43. The molecule has 0 radical (unpaired) electrons. The van der Waals surface area contributed by atoms with Gasteiger partial charge in [0.05, 0.1) is 19.2 Å². The number of aryl methyl sites for hydroxylation is 1. The first-order chi connectivity index (χ1) is 18.1. The van der Waals surface area contributed by atoms with Gasteiger partial charge in [-0.2, -0.15) is 0 Å². The highest BCUT2D eigenvalue weighted by Gasteiger charge is 2.25. The summed E-state index contributed by atoms with van der Waals surface area (Å²) in [4.78, 5) is 10.2. The van der Waals surface area contributed by atoms with E-state index in [0.29, 0.717) is 16.6 Å². The Balaban J connectivity index is 1.11. The Morgan fingerprint density at radius 2 is 1.97 bits per heavy atom. The molecular formula is C29H30ClN5OS. The maximum absolute atomic E-state index is 6.05. The molecule has 2 aromatic carbocycles. The van der Waals surface area contributed by atoms with Crippen molar-refractivity contribution in [2.45, 2.75) is 51.4 Å². The van der Waals surface area contributed by atoms with Crippen molar-refractivity contribution < 1.29 is 4.74 Å². The summed E-state index contributed by atoms with van der Waals surface area (Å²) in [6.07, 6.45) is 7.51. The highest BCUT2D eigenvalue weighted by atomic mass is 35.5. The first-order valence-electron chi connectivity index (χ1n) is 12.7. The molecular weight excluding hydrogens is 502 g/mol. The summed E-state index contributed by atoms with van der Waals surface area (Å²) in [6.45, 7) is 3.77. The third-order valence-corrected chi connectivity index (χ3v) is 8.41. The van der Waals surface area contributed by atoms with Crippen LogP contribution in [0.3, 0.4) is 0 Å². The number of methoxy groups -OCH3 is 1. The predicted octanol–water partition coefficient (Wildman–Crippen LogP) is 6.79. The molecule has 190 valence electrons. The molecule has 1 aliphatic rings. The number of para-hydroxylation sites is 1. The molecule has 0 spiro atoms. The topological polar surface area (TPSA) is 64.0 Å². The highest BCUT2D eigenvalue weighted by molar-refractivity contribution is 7.15. The monoisotopic (exact) mass is 531 g/mol. The highest BCUT2D eigenvalue weighted by Crippen LogP contribution is 2.29. The van der Waals surface area contributed by atoms with Gasteiger partial charge in [0.25, 0.3) is 0 Å². The zero-order chi connectivity index (χ0) is 25.4. The fourth-order valence-electron chi connectivity index (χ4n) is 5.45. The average molecular weight is 532 g/mol. The van der Waals surface area contributed by atoms with Crippen LogP contribution >= 0.6 is 22.9 Å². The number of aromatic nitrogens is 3. The molecule has 5 aromatic rings. The summed E-state index contributed by atoms with van der Waals surface area (Å²) < 4.78 is 8.27. The number of fused-ring (bicyclic) bond motifs is 2. The maximum Gasteiger partial charge on any atom is 0.183 e. The number of halogens is 1. The maximum atomic E-state index is 6.05. The minimum atomic E-state index is 0.414. The van der Waals surface area contributed by atoms with Crippen LogP contribution in [0.25, 0.3) is 21.8 Å². The largest absolute Gasteiger partial charge is 0.497 e. The summed E-state index contributed by atoms with van der Waals surface area (Å²) in [7, 11) is 1.70. The number of anilines is 1. The van der Waals surface area contributed by atoms with Crippen molar-refractivity contribution in [1.29, 1.82) is 0 Å². The van der Waals surface area contributed by atoms with E-state index in [1.165, 1.54) is 33.4 Å². The van der Waals surface area contributed by atoms with E-state index in [0.717, 1.165) is 59.7 Å². The van der Waals surface area contributed by atoms with Gasteiger partial charge in [-0.1, -0.05) is 29.8 Å². The summed E-state index contributed by atoms with van der Waals surface area (Å²) in [5, 5.41) is 9.94. The lowest BCUT2D eigenvalue weighted by Crippen LogP contribution is -2.27. The van der Waals surface area contributed by atoms with Gasteiger partial charge in [0.2, 0.25) is 0 Å². The van der Waals surface area contributed by atoms with E-state index in [-0.39, 0.29) is 0 Å². The van der Waals surface area contributed by atoms with Crippen molar-refractivity contribution in [3.05, 3.63) is 81.4 Å². The van der Waals surface area contributed by atoms with Gasteiger partial charge < -0.3 is 19.9 Å². The Morgan fingerprint density at radius 3 is 2.81 bits per heavy atom. The van der Waals surface area contributed by atoms with Gasteiger partial charge in [-0.25, -0.2) is 9.97 Å². The number of hydrogen-bond donors (Lipinski definition) is 2. The molecule has 0 aliphatic heterocycles. The standard InChI is InChI=1S/C29H30ClN5OS/c1-18-11-28(34-26-10-9-22(36-2)13-25(18)26)33-21-8-7-20(12-21)31-14-19-16-35(17-23-15-32-29(30)37-23)27-6-4-3-5-24(19)27/h3-6,9-11,13,15-16,20-21,31H,7-8,12,14,17H2,1-2H3,(H,33,34)/t20-,21-/m0/s1. The van der Waals surface area contributed by atoms with Crippen molar-refractivity contribution in [2.24, 2.45) is 0 Å². The van der Waals surface area contributed by atoms with Crippen LogP contribution < -0.4 is 15.4 Å². The Kier molecular flexibility index (Phi) is 6.76. The second-order valence-electron chi connectivity index (χ2n) is 9.82. The second kappa shape index (κ2) is 10.3. The average Bonchev–Trinajstić information content (AvgIpc) is 3.62. The molecule has 37 heavy (non-hydrogen) atoms. The third kappa shape index (κ3) is 5.17. The number of pyridine rings is 1. The summed E-state index contributed by atoms with van der Waals surface area (Å²) in [5.41, 5.74) is 4.76. The SMILES string of the molecule is COc1ccc2nc(N[C@H]3CC[C@H](NCc4cn(Cc5cnc(Cl)s5)c5ccccc45)C3)cc(C)c2c1. The molecule has 1 aliphatic carbocycles. The minimum Gasteiger partial charge on any atom is -0.497 e. The number of rotatable bonds is 8. The van der Waals surface area contributed by atoms with E-state index in [1.54, 1.807) is 7.11 Å². The number of benzene rings is 2. The predicted molar refractivity (Wildman–Crippen MR) is 153 cm³/mol. The quantitative estimate of drug-likeness (QED) is 0.231. The van der Waals surface area contributed by atoms with Crippen LogP contribution in [-0.2, 0) is 13.1 Å². The molecule has 0 saturated heterocycles. The molecule has 2 atom stereocenters. The van der Waals surface area contributed by atoms with Crippen molar-refractivity contribution in [3.8, 4) is 5.75 Å². The van der Waals surface area contributed by atoms with Crippen LogP contribution in [0.2, 0.25) is 4.47 Å². The van der Waals surface area contributed by atoms with Crippen molar-refractivity contribution in [2.75, 3.05) is 12.4 Å². The van der Waals surface area contributed by atoms with Crippen molar-refractivity contribution >= 4 is 50.6 Å². The summed E-state index contributed by atoms with van der Waals surface area (Å²) in [5.74, 6) is 1.81. The Morgan fingerprint density at radius 1 is 1.11 bits per heavy atom. The van der Waals surface area contributed by atoms with E-state index in [2.05, 4.69) is 69.7 Å². The van der Waals surface area contributed by atoms with Crippen LogP contribution in [0.4, 0.5) is 5.82 Å². The van der Waals surface area contributed by atoms with Gasteiger partial charge >= 0.3 is 0 Å². The molecule has 0 amide bonds. The molecule has 6 nitrogen and oxygen atoms in total. The van der Waals surface area contributed by atoms with Gasteiger partial charge in [0, 0.05) is 52.2 Å². The number of nitrogens with zero attached hydrogens (tertiary/aromatic N) is 3. The van der Waals surface area contributed by atoms with Gasteiger partial charge in [-0.3, -0.25) is 0 Å². The smallest absolute Gasteiger partial charge is 0.183 e. The lowest BCUT2D eigenvalue weighted by atomic mass is 10.1. The lowest BCUT2D eigenvalue weighted by Gasteiger charge is -2.16. The molecule has 2 N–H and O–H groups in total. The normalized spacial score (nSPS) is 17.6. The molecule has 1 saturated carbocycles. The van der Waals surface area contributed by atoms with Gasteiger partial charge in [0.15, 0.2) is 4.47 Å². The van der Waals surface area contributed by atoms with Crippen LogP contribution in [0.5, 0.6) is 5.75 Å². The molecule has 3 aromatic heterocycles. The summed E-state index contributed by atoms with van der Waals surface area (Å²) in [6, 6.07) is 17.7. The molecule has 0 unspecified atom stereocenters. The number of nitrogens with one attached hydrogen (secondary N) is 2. The number of thiazole rings is 1. The second-order valence-corrected chi connectivity index (χ2v) is 11.5. The molecule has 8 heteroatoms. The van der Waals surface area contributed by atoms with Gasteiger partial charge in [0.1, 0.15) is 11.6 Å². The first-order valence-corrected chi connectivity index (χ1v) is 13.9. The van der Waals surface area contributed by atoms with Crippen molar-refractivity contribution in [1.82, 2.24) is 19.9 Å².